The van der Waals surface area contributed by atoms with Gasteiger partial charge in [0, 0.05) is 17.3 Å². The molecular weight excluding hydrogens is 178 g/mol. The quantitative estimate of drug-likeness (QED) is 0.667. The highest BCUT2D eigenvalue weighted by Gasteiger charge is 2.18. The number of nitrogens with zero attached hydrogens (tertiary/aromatic N) is 2. The molecule has 0 fully saturated rings. The zero-order valence-electron chi connectivity index (χ0n) is 8.00. The van der Waals surface area contributed by atoms with Gasteiger partial charge in [0.2, 0.25) is 0 Å². The van der Waals surface area contributed by atoms with Crippen LogP contribution in [-0.2, 0) is 12.8 Å². The first-order valence-electron chi connectivity index (χ1n) is 4.86. The van der Waals surface area contributed by atoms with Crippen LogP contribution in [0.1, 0.15) is 23.2 Å². The smallest absolute Gasteiger partial charge is 0.276 e. The lowest BCUT2D eigenvalue weighted by atomic mass is 10.2. The second-order valence-corrected chi connectivity index (χ2v) is 3.81. The zero-order chi connectivity index (χ0) is 9.71. The van der Waals surface area contributed by atoms with Crippen molar-refractivity contribution < 1.29 is 0 Å². The summed E-state index contributed by atoms with van der Waals surface area (Å²) in [5.74, 6) is 0. The number of fused-ring (bicyclic) bond motifs is 2. The van der Waals surface area contributed by atoms with E-state index >= 15 is 0 Å². The average molecular weight is 189 g/mol. The lowest BCUT2D eigenvalue weighted by Gasteiger charge is -1.99. The molecule has 0 aromatic carbocycles. The van der Waals surface area contributed by atoms with Gasteiger partial charge in [-0.05, 0) is 26.2 Å². The van der Waals surface area contributed by atoms with Gasteiger partial charge in [0.05, 0.1) is 5.69 Å². The number of hydrogen-bond acceptors (Lipinski definition) is 2. The average Bonchev–Trinajstić information content (AvgIpc) is 2.75. The van der Waals surface area contributed by atoms with Crippen LogP contribution in [0.25, 0.3) is 5.65 Å². The van der Waals surface area contributed by atoms with Crippen LogP contribution in [0.15, 0.2) is 11.0 Å². The minimum absolute atomic E-state index is 0.0793. The largest absolute Gasteiger partial charge is 0.297 e. The van der Waals surface area contributed by atoms with E-state index in [1.165, 1.54) is 0 Å². The topological polar surface area (TPSA) is 50.2 Å². The van der Waals surface area contributed by atoms with Crippen molar-refractivity contribution in [3.05, 3.63) is 33.4 Å². The SMILES string of the molecule is Cc1c[nH]n2c(=O)c3c(nc12)CCC3. The summed E-state index contributed by atoms with van der Waals surface area (Å²) in [7, 11) is 0. The first-order valence-corrected chi connectivity index (χ1v) is 4.86. The molecule has 0 spiro atoms. The Morgan fingerprint density at radius 3 is 3.21 bits per heavy atom. The molecule has 2 heterocycles. The first kappa shape index (κ1) is 7.79. The van der Waals surface area contributed by atoms with Crippen molar-refractivity contribution in [2.75, 3.05) is 0 Å². The van der Waals surface area contributed by atoms with Crippen molar-refractivity contribution in [2.24, 2.45) is 0 Å². The fourth-order valence-corrected chi connectivity index (χ4v) is 2.10. The standard InChI is InChI=1S/C10H11N3O/c1-6-5-11-13-9(6)12-8-4-2-3-7(8)10(13)14/h5,11H,2-4H2,1H3. The first-order chi connectivity index (χ1) is 6.77. The van der Waals surface area contributed by atoms with E-state index in [1.807, 2.05) is 13.1 Å². The molecule has 2 aromatic rings. The Kier molecular flexibility index (Phi) is 1.37. The van der Waals surface area contributed by atoms with Crippen molar-refractivity contribution in [3.63, 3.8) is 0 Å². The number of H-pyrrole nitrogens is 1. The molecule has 2 aromatic heterocycles. The third-order valence-electron chi connectivity index (χ3n) is 2.87. The molecule has 0 aliphatic heterocycles. The van der Waals surface area contributed by atoms with Gasteiger partial charge in [0.1, 0.15) is 0 Å². The van der Waals surface area contributed by atoms with Crippen LogP contribution in [0.3, 0.4) is 0 Å². The second-order valence-electron chi connectivity index (χ2n) is 3.81. The maximum Gasteiger partial charge on any atom is 0.276 e. The van der Waals surface area contributed by atoms with Crippen LogP contribution >= 0.6 is 0 Å². The number of rotatable bonds is 0. The van der Waals surface area contributed by atoms with Gasteiger partial charge in [0.25, 0.3) is 5.56 Å². The zero-order valence-corrected chi connectivity index (χ0v) is 8.00. The van der Waals surface area contributed by atoms with Crippen LogP contribution in [0.5, 0.6) is 0 Å². The van der Waals surface area contributed by atoms with Gasteiger partial charge in [0.15, 0.2) is 5.65 Å². The van der Waals surface area contributed by atoms with E-state index < -0.39 is 0 Å². The Morgan fingerprint density at radius 1 is 1.50 bits per heavy atom. The number of hydrogen-bond donors (Lipinski definition) is 1. The molecule has 0 bridgehead atoms. The molecular formula is C10H11N3O. The summed E-state index contributed by atoms with van der Waals surface area (Å²) < 4.78 is 1.54. The maximum atomic E-state index is 11.9. The van der Waals surface area contributed by atoms with Crippen LogP contribution in [0, 0.1) is 6.92 Å². The molecule has 14 heavy (non-hydrogen) atoms. The minimum Gasteiger partial charge on any atom is -0.297 e. The predicted octanol–water partition coefficient (Wildman–Crippen LogP) is 0.820. The highest BCUT2D eigenvalue weighted by atomic mass is 16.1. The van der Waals surface area contributed by atoms with E-state index in [-0.39, 0.29) is 5.56 Å². The van der Waals surface area contributed by atoms with Gasteiger partial charge < -0.3 is 0 Å². The minimum atomic E-state index is 0.0793. The normalized spacial score (nSPS) is 14.9. The van der Waals surface area contributed by atoms with Crippen LogP contribution < -0.4 is 5.56 Å². The Morgan fingerprint density at radius 2 is 2.36 bits per heavy atom. The fourth-order valence-electron chi connectivity index (χ4n) is 2.10. The predicted molar refractivity (Wildman–Crippen MR) is 52.6 cm³/mol. The molecule has 1 N–H and O–H groups in total. The molecule has 0 atom stereocenters. The molecule has 4 nitrogen and oxygen atoms in total. The molecule has 0 saturated heterocycles. The Bertz CT molecular complexity index is 564. The van der Waals surface area contributed by atoms with Crippen molar-refractivity contribution in [1.29, 1.82) is 0 Å². The van der Waals surface area contributed by atoms with E-state index in [0.717, 1.165) is 41.7 Å². The number of aromatic nitrogens is 3. The summed E-state index contributed by atoms with van der Waals surface area (Å²) in [6, 6.07) is 0. The summed E-state index contributed by atoms with van der Waals surface area (Å²) >= 11 is 0. The van der Waals surface area contributed by atoms with Crippen molar-refractivity contribution >= 4 is 5.65 Å². The van der Waals surface area contributed by atoms with E-state index in [1.54, 1.807) is 4.52 Å². The third kappa shape index (κ3) is 0.828. The summed E-state index contributed by atoms with van der Waals surface area (Å²) in [5, 5.41) is 2.93. The maximum absolute atomic E-state index is 11.9. The van der Waals surface area contributed by atoms with Crippen LogP contribution in [-0.4, -0.2) is 14.6 Å². The third-order valence-corrected chi connectivity index (χ3v) is 2.87. The lowest BCUT2D eigenvalue weighted by Crippen LogP contribution is -2.20. The van der Waals surface area contributed by atoms with Crippen LogP contribution in [0.2, 0.25) is 0 Å². The molecule has 0 saturated carbocycles. The molecule has 72 valence electrons. The summed E-state index contributed by atoms with van der Waals surface area (Å²) in [4.78, 5) is 16.4. The van der Waals surface area contributed by atoms with Crippen LogP contribution in [0.4, 0.5) is 0 Å². The number of nitrogens with one attached hydrogen (secondary N) is 1. The second kappa shape index (κ2) is 2.47. The Labute approximate surface area is 80.6 Å². The van der Waals surface area contributed by atoms with E-state index in [2.05, 4.69) is 10.1 Å². The monoisotopic (exact) mass is 189 g/mol. The molecule has 1 aliphatic carbocycles. The number of aromatic amines is 1. The molecule has 1 aliphatic rings. The number of aryl methyl sites for hydroxylation is 2. The van der Waals surface area contributed by atoms with Gasteiger partial charge in [-0.2, -0.15) is 0 Å². The van der Waals surface area contributed by atoms with Gasteiger partial charge >= 0.3 is 0 Å². The van der Waals surface area contributed by atoms with E-state index in [4.69, 9.17) is 0 Å². The van der Waals surface area contributed by atoms with Crippen molar-refractivity contribution in [3.8, 4) is 0 Å². The Hall–Kier alpha value is -1.58. The highest BCUT2D eigenvalue weighted by Crippen LogP contribution is 2.17. The van der Waals surface area contributed by atoms with E-state index in [0.29, 0.717) is 0 Å². The molecule has 3 rings (SSSR count). The Balaban J connectivity index is 2.52. The molecule has 4 heteroatoms. The van der Waals surface area contributed by atoms with Gasteiger partial charge in [-0.15, -0.1) is 0 Å². The van der Waals surface area contributed by atoms with Gasteiger partial charge in [-0.25, -0.2) is 9.50 Å². The van der Waals surface area contributed by atoms with Gasteiger partial charge in [-0.3, -0.25) is 9.89 Å². The molecule has 0 radical (unpaired) electrons. The highest BCUT2D eigenvalue weighted by molar-refractivity contribution is 5.47. The summed E-state index contributed by atoms with van der Waals surface area (Å²) in [5.41, 5.74) is 3.77. The van der Waals surface area contributed by atoms with Gasteiger partial charge in [-0.1, -0.05) is 0 Å². The summed E-state index contributed by atoms with van der Waals surface area (Å²) in [6.45, 7) is 1.96. The molecule has 0 unspecified atom stereocenters. The van der Waals surface area contributed by atoms with Crippen molar-refractivity contribution in [1.82, 2.24) is 14.6 Å². The van der Waals surface area contributed by atoms with E-state index in [9.17, 15) is 4.79 Å². The summed E-state index contributed by atoms with van der Waals surface area (Å²) in [6.07, 6.45) is 4.70. The van der Waals surface area contributed by atoms with Crippen molar-refractivity contribution in [2.45, 2.75) is 26.2 Å². The fraction of sp³-hybridized carbons (Fsp3) is 0.400. The molecule has 0 amide bonds. The lowest BCUT2D eigenvalue weighted by molar-refractivity contribution is 0.870.